The molecular formula is C10H11N. The Balaban J connectivity index is 3.11. The maximum Gasteiger partial charge on any atom is 0.0256 e. The Labute approximate surface area is 66.9 Å². The summed E-state index contributed by atoms with van der Waals surface area (Å²) >= 11 is 0. The zero-order valence-electron chi connectivity index (χ0n) is 6.54. The van der Waals surface area contributed by atoms with E-state index in [4.69, 9.17) is 5.41 Å². The molecule has 0 aliphatic rings. The van der Waals surface area contributed by atoms with E-state index in [2.05, 4.69) is 0 Å². The second-order valence-electron chi connectivity index (χ2n) is 2.27. The van der Waals surface area contributed by atoms with Crippen molar-refractivity contribution in [1.29, 1.82) is 5.41 Å². The van der Waals surface area contributed by atoms with Gasteiger partial charge in [0.15, 0.2) is 0 Å². The third-order valence-electron chi connectivity index (χ3n) is 1.50. The maximum absolute atomic E-state index is 7.10. The SMILES string of the molecule is C/C=C/c1ccccc1C=N. The molecule has 1 N–H and O–H groups in total. The lowest BCUT2D eigenvalue weighted by Crippen LogP contribution is -1.83. The van der Waals surface area contributed by atoms with E-state index in [-0.39, 0.29) is 0 Å². The summed E-state index contributed by atoms with van der Waals surface area (Å²) in [6, 6.07) is 7.85. The van der Waals surface area contributed by atoms with Crippen molar-refractivity contribution < 1.29 is 0 Å². The Kier molecular flexibility index (Phi) is 2.61. The largest absolute Gasteiger partial charge is 0.308 e. The van der Waals surface area contributed by atoms with Crippen molar-refractivity contribution in [3.63, 3.8) is 0 Å². The van der Waals surface area contributed by atoms with E-state index in [0.717, 1.165) is 11.1 Å². The van der Waals surface area contributed by atoms with Gasteiger partial charge < -0.3 is 5.41 Å². The standard InChI is InChI=1S/C10H11N/c1-2-5-9-6-3-4-7-10(9)8-11/h2-8,11H,1H3/b5-2+,11-8?. The van der Waals surface area contributed by atoms with Crippen molar-refractivity contribution >= 4 is 12.3 Å². The lowest BCUT2D eigenvalue weighted by Gasteiger charge is -1.96. The Hall–Kier alpha value is -1.37. The molecule has 0 fully saturated rings. The fraction of sp³-hybridized carbons (Fsp3) is 0.100. The summed E-state index contributed by atoms with van der Waals surface area (Å²) in [5, 5.41) is 7.10. The van der Waals surface area contributed by atoms with E-state index in [9.17, 15) is 0 Å². The topological polar surface area (TPSA) is 23.9 Å². The summed E-state index contributed by atoms with van der Waals surface area (Å²) in [6.07, 6.45) is 5.35. The molecular weight excluding hydrogens is 134 g/mol. The molecule has 1 aromatic rings. The highest BCUT2D eigenvalue weighted by Gasteiger charge is 1.91. The number of allylic oxidation sites excluding steroid dienone is 1. The predicted octanol–water partition coefficient (Wildman–Crippen LogP) is 2.72. The third kappa shape index (κ3) is 1.77. The van der Waals surface area contributed by atoms with Gasteiger partial charge in [-0.15, -0.1) is 0 Å². The van der Waals surface area contributed by atoms with E-state index in [1.54, 1.807) is 0 Å². The van der Waals surface area contributed by atoms with Crippen LogP contribution in [0.15, 0.2) is 30.3 Å². The quantitative estimate of drug-likeness (QED) is 0.619. The van der Waals surface area contributed by atoms with Gasteiger partial charge >= 0.3 is 0 Å². The van der Waals surface area contributed by atoms with Crippen LogP contribution in [-0.2, 0) is 0 Å². The van der Waals surface area contributed by atoms with E-state index < -0.39 is 0 Å². The maximum atomic E-state index is 7.10. The highest BCUT2D eigenvalue weighted by Crippen LogP contribution is 2.07. The Morgan fingerprint density at radius 2 is 1.82 bits per heavy atom. The zero-order valence-corrected chi connectivity index (χ0v) is 6.54. The second-order valence-corrected chi connectivity index (χ2v) is 2.27. The van der Waals surface area contributed by atoms with Crippen molar-refractivity contribution in [1.82, 2.24) is 0 Å². The van der Waals surface area contributed by atoms with Crippen LogP contribution in [-0.4, -0.2) is 6.21 Å². The molecule has 0 amide bonds. The minimum absolute atomic E-state index is 0.964. The van der Waals surface area contributed by atoms with Gasteiger partial charge in [-0.25, -0.2) is 0 Å². The fourth-order valence-electron chi connectivity index (χ4n) is 0.974. The summed E-state index contributed by atoms with van der Waals surface area (Å²) in [4.78, 5) is 0. The third-order valence-corrected chi connectivity index (χ3v) is 1.50. The van der Waals surface area contributed by atoms with Crippen molar-refractivity contribution in [3.8, 4) is 0 Å². The summed E-state index contributed by atoms with van der Waals surface area (Å²) < 4.78 is 0. The van der Waals surface area contributed by atoms with Gasteiger partial charge in [0.2, 0.25) is 0 Å². The number of nitrogens with one attached hydrogen (secondary N) is 1. The van der Waals surface area contributed by atoms with E-state index in [0.29, 0.717) is 0 Å². The first-order chi connectivity index (χ1) is 5.38. The molecule has 0 atom stereocenters. The number of hydrogen-bond acceptors (Lipinski definition) is 1. The molecule has 0 spiro atoms. The van der Waals surface area contributed by atoms with Crippen LogP contribution in [0.3, 0.4) is 0 Å². The number of benzene rings is 1. The van der Waals surface area contributed by atoms with Crippen LogP contribution in [0, 0.1) is 5.41 Å². The molecule has 11 heavy (non-hydrogen) atoms. The second kappa shape index (κ2) is 3.71. The average Bonchev–Trinajstić information content (AvgIpc) is 2.06. The van der Waals surface area contributed by atoms with Gasteiger partial charge in [-0.1, -0.05) is 36.4 Å². The van der Waals surface area contributed by atoms with E-state index in [1.165, 1.54) is 6.21 Å². The van der Waals surface area contributed by atoms with Gasteiger partial charge in [0.05, 0.1) is 0 Å². The smallest absolute Gasteiger partial charge is 0.0256 e. The minimum atomic E-state index is 0.964. The highest BCUT2D eigenvalue weighted by molar-refractivity contribution is 5.83. The van der Waals surface area contributed by atoms with Crippen molar-refractivity contribution in [2.75, 3.05) is 0 Å². The highest BCUT2D eigenvalue weighted by atomic mass is 14.3. The minimum Gasteiger partial charge on any atom is -0.308 e. The molecule has 1 aromatic carbocycles. The van der Waals surface area contributed by atoms with Gasteiger partial charge in [0.1, 0.15) is 0 Å². The molecule has 0 aliphatic carbocycles. The van der Waals surface area contributed by atoms with Crippen LogP contribution in [0.25, 0.3) is 6.08 Å². The molecule has 0 radical (unpaired) electrons. The van der Waals surface area contributed by atoms with E-state index in [1.807, 2.05) is 43.3 Å². The summed E-state index contributed by atoms with van der Waals surface area (Å²) in [7, 11) is 0. The van der Waals surface area contributed by atoms with Gasteiger partial charge in [0.25, 0.3) is 0 Å². The molecule has 1 heteroatoms. The first-order valence-corrected chi connectivity index (χ1v) is 3.60. The molecule has 0 heterocycles. The van der Waals surface area contributed by atoms with Gasteiger partial charge in [-0.2, -0.15) is 0 Å². The number of hydrogen-bond donors (Lipinski definition) is 1. The molecule has 0 unspecified atom stereocenters. The van der Waals surface area contributed by atoms with Crippen LogP contribution in [0.1, 0.15) is 18.1 Å². The van der Waals surface area contributed by atoms with Gasteiger partial charge in [0, 0.05) is 6.21 Å². The Bertz CT molecular complexity index is 274. The van der Waals surface area contributed by atoms with Gasteiger partial charge in [-0.05, 0) is 18.1 Å². The molecule has 0 aromatic heterocycles. The summed E-state index contributed by atoms with van der Waals surface area (Å²) in [5.41, 5.74) is 2.07. The van der Waals surface area contributed by atoms with Crippen LogP contribution in [0.5, 0.6) is 0 Å². The Morgan fingerprint density at radius 1 is 1.18 bits per heavy atom. The fourth-order valence-corrected chi connectivity index (χ4v) is 0.974. The molecule has 0 saturated heterocycles. The zero-order chi connectivity index (χ0) is 8.10. The Morgan fingerprint density at radius 3 is 2.36 bits per heavy atom. The summed E-state index contributed by atoms with van der Waals surface area (Å²) in [6.45, 7) is 1.97. The molecule has 0 aliphatic heterocycles. The molecule has 1 rings (SSSR count). The lowest BCUT2D eigenvalue weighted by molar-refractivity contribution is 1.52. The number of rotatable bonds is 2. The van der Waals surface area contributed by atoms with Crippen molar-refractivity contribution in [2.45, 2.75) is 6.92 Å². The first-order valence-electron chi connectivity index (χ1n) is 3.60. The van der Waals surface area contributed by atoms with Gasteiger partial charge in [-0.3, -0.25) is 0 Å². The molecule has 56 valence electrons. The monoisotopic (exact) mass is 145 g/mol. The lowest BCUT2D eigenvalue weighted by atomic mass is 10.1. The van der Waals surface area contributed by atoms with E-state index >= 15 is 0 Å². The van der Waals surface area contributed by atoms with Crippen molar-refractivity contribution in [2.24, 2.45) is 0 Å². The van der Waals surface area contributed by atoms with Crippen molar-refractivity contribution in [3.05, 3.63) is 41.5 Å². The average molecular weight is 145 g/mol. The van der Waals surface area contributed by atoms with Crippen LogP contribution >= 0.6 is 0 Å². The molecule has 0 bridgehead atoms. The predicted molar refractivity (Wildman–Crippen MR) is 49.0 cm³/mol. The molecule has 0 saturated carbocycles. The molecule has 1 nitrogen and oxygen atoms in total. The van der Waals surface area contributed by atoms with Crippen LogP contribution in [0.2, 0.25) is 0 Å². The summed E-state index contributed by atoms with van der Waals surface area (Å²) in [5.74, 6) is 0. The van der Waals surface area contributed by atoms with Crippen LogP contribution < -0.4 is 0 Å². The first kappa shape index (κ1) is 7.73. The van der Waals surface area contributed by atoms with Crippen LogP contribution in [0.4, 0.5) is 0 Å². The normalized spacial score (nSPS) is 10.3.